The molecular weight excluding hydrogens is 300 g/mol. The molecule has 0 saturated heterocycles. The molecule has 0 aromatic heterocycles. The number of benzene rings is 2. The van der Waals surface area contributed by atoms with E-state index in [4.69, 9.17) is 0 Å². The zero-order valence-electron chi connectivity index (χ0n) is 18.1. The maximum atomic E-state index is 2.44. The molecule has 0 aliphatic heterocycles. The van der Waals surface area contributed by atoms with Gasteiger partial charge in [0, 0.05) is 0 Å². The summed E-state index contributed by atoms with van der Waals surface area (Å²) in [5.41, 5.74) is 14.0. The minimum Gasteiger partial charge on any atom is -0.0683 e. The number of hydrogen-bond donors (Lipinski definition) is 0. The summed E-state index contributed by atoms with van der Waals surface area (Å²) in [6.45, 7) is 18.8. The third-order valence-electron chi connectivity index (χ3n) is 5.06. The molecule has 2 aliphatic rings. The molecule has 2 aromatic rings. The van der Waals surface area contributed by atoms with Gasteiger partial charge in [-0.25, -0.2) is 0 Å². The van der Waals surface area contributed by atoms with Gasteiger partial charge in [-0.1, -0.05) is 65.3 Å². The van der Waals surface area contributed by atoms with Crippen LogP contribution in [0.2, 0.25) is 0 Å². The number of rotatable bonds is 0. The molecule has 0 heterocycles. The van der Waals surface area contributed by atoms with Crippen molar-refractivity contribution in [3.05, 3.63) is 57.1 Å². The quantitative estimate of drug-likeness (QED) is 0.465. The number of aryl methyl sites for hydroxylation is 5. The van der Waals surface area contributed by atoms with Crippen LogP contribution in [-0.2, 0) is 25.7 Å². The van der Waals surface area contributed by atoms with E-state index in [-0.39, 0.29) is 0 Å². The van der Waals surface area contributed by atoms with Gasteiger partial charge in [0.05, 0.1) is 0 Å². The third-order valence-corrected chi connectivity index (χ3v) is 5.06. The lowest BCUT2D eigenvalue weighted by Crippen LogP contribution is -2.16. The summed E-state index contributed by atoms with van der Waals surface area (Å²) >= 11 is 0. The van der Waals surface area contributed by atoms with Crippen LogP contribution in [0.5, 0.6) is 0 Å². The molecule has 0 amide bonds. The highest BCUT2D eigenvalue weighted by atomic mass is 14.3. The van der Waals surface area contributed by atoms with Crippen LogP contribution in [0.4, 0.5) is 0 Å². The molecule has 0 nitrogen and oxygen atoms in total. The fourth-order valence-corrected chi connectivity index (χ4v) is 4.07. The Bertz CT molecular complexity index is 687. The minimum absolute atomic E-state index is 1.22. The molecule has 138 valence electrons. The molecule has 2 aromatic carbocycles. The lowest BCUT2D eigenvalue weighted by molar-refractivity contribution is 0.863. The second-order valence-electron chi connectivity index (χ2n) is 6.29. The Labute approximate surface area is 156 Å². The highest BCUT2D eigenvalue weighted by molar-refractivity contribution is 5.82. The number of hydrogen-bond acceptors (Lipinski definition) is 0. The average molecular weight is 339 g/mol. The maximum absolute atomic E-state index is 2.44. The van der Waals surface area contributed by atoms with Gasteiger partial charge in [-0.3, -0.25) is 0 Å². The fourth-order valence-electron chi connectivity index (χ4n) is 4.07. The molecule has 0 spiro atoms. The molecule has 0 N–H and O–H groups in total. The topological polar surface area (TPSA) is 0 Å². The third kappa shape index (κ3) is 4.00. The second-order valence-corrected chi connectivity index (χ2v) is 6.29. The standard InChI is InChI=1S/C19H20.3C2H6/c1-11-8-14-4-5-16-10-12(2)13(3)17-7-6-15(9-11)18(14)19(16)17;3*1-2/h8-10H,4-7H2,1-3H3;3*1-2H3. The highest BCUT2D eigenvalue weighted by Gasteiger charge is 2.27. The summed E-state index contributed by atoms with van der Waals surface area (Å²) in [6.07, 6.45) is 4.89. The van der Waals surface area contributed by atoms with Crippen molar-refractivity contribution >= 4 is 0 Å². The van der Waals surface area contributed by atoms with Crippen molar-refractivity contribution < 1.29 is 0 Å². The monoisotopic (exact) mass is 338 g/mol. The van der Waals surface area contributed by atoms with E-state index in [0.717, 1.165) is 0 Å². The first-order valence-electron chi connectivity index (χ1n) is 10.4. The van der Waals surface area contributed by atoms with Gasteiger partial charge in [0.2, 0.25) is 0 Å². The smallest absolute Gasteiger partial charge is 0.0111 e. The lowest BCUT2D eigenvalue weighted by atomic mass is 9.73. The van der Waals surface area contributed by atoms with Crippen molar-refractivity contribution in [2.24, 2.45) is 0 Å². The van der Waals surface area contributed by atoms with Crippen LogP contribution < -0.4 is 0 Å². The molecule has 0 radical (unpaired) electrons. The Balaban J connectivity index is 0.000000475. The van der Waals surface area contributed by atoms with Gasteiger partial charge in [-0.05, 0) is 91.0 Å². The van der Waals surface area contributed by atoms with E-state index in [1.165, 1.54) is 42.4 Å². The molecular formula is C25H38. The molecule has 0 fully saturated rings. The average Bonchev–Trinajstić information content (AvgIpc) is 2.67. The highest BCUT2D eigenvalue weighted by Crippen LogP contribution is 2.44. The Morgan fingerprint density at radius 2 is 1.00 bits per heavy atom. The molecule has 2 aliphatic carbocycles. The summed E-state index contributed by atoms with van der Waals surface area (Å²) in [4.78, 5) is 0. The van der Waals surface area contributed by atoms with Crippen LogP contribution in [-0.4, -0.2) is 0 Å². The Hall–Kier alpha value is -1.56. The van der Waals surface area contributed by atoms with Crippen molar-refractivity contribution in [1.29, 1.82) is 0 Å². The van der Waals surface area contributed by atoms with E-state index in [9.17, 15) is 0 Å². The van der Waals surface area contributed by atoms with Gasteiger partial charge >= 0.3 is 0 Å². The molecule has 25 heavy (non-hydrogen) atoms. The predicted octanol–water partition coefficient (Wildman–Crippen LogP) is 7.55. The first kappa shape index (κ1) is 21.5. The van der Waals surface area contributed by atoms with E-state index < -0.39 is 0 Å². The van der Waals surface area contributed by atoms with Crippen LogP contribution in [0.25, 0.3) is 11.1 Å². The molecule has 0 bridgehead atoms. The summed E-state index contributed by atoms with van der Waals surface area (Å²) < 4.78 is 0. The van der Waals surface area contributed by atoms with Gasteiger partial charge in [0.15, 0.2) is 0 Å². The minimum atomic E-state index is 1.22. The SMILES string of the molecule is CC.CC.CC.Cc1cc2c3c(c1)CCc1c(C)c(C)cc(c1-3)CC2. The van der Waals surface area contributed by atoms with Crippen molar-refractivity contribution in [2.75, 3.05) is 0 Å². The summed E-state index contributed by atoms with van der Waals surface area (Å²) in [6, 6.07) is 7.25. The van der Waals surface area contributed by atoms with Crippen LogP contribution in [0.3, 0.4) is 0 Å². The first-order chi connectivity index (χ1) is 12.1. The van der Waals surface area contributed by atoms with Gasteiger partial charge in [0.25, 0.3) is 0 Å². The summed E-state index contributed by atoms with van der Waals surface area (Å²) in [5, 5.41) is 0. The first-order valence-corrected chi connectivity index (χ1v) is 10.4. The maximum Gasteiger partial charge on any atom is -0.0111 e. The lowest BCUT2D eigenvalue weighted by Gasteiger charge is -2.31. The van der Waals surface area contributed by atoms with E-state index in [1.54, 1.807) is 33.4 Å². The molecule has 0 heteroatoms. The molecule has 0 saturated carbocycles. The Kier molecular flexibility index (Phi) is 8.42. The van der Waals surface area contributed by atoms with E-state index in [0.29, 0.717) is 0 Å². The molecule has 0 unspecified atom stereocenters. The largest absolute Gasteiger partial charge is 0.0683 e. The fraction of sp³-hybridized carbons (Fsp3) is 0.520. The van der Waals surface area contributed by atoms with Gasteiger partial charge in [-0.15, -0.1) is 0 Å². The van der Waals surface area contributed by atoms with Crippen molar-refractivity contribution in [3.63, 3.8) is 0 Å². The van der Waals surface area contributed by atoms with E-state index in [1.807, 2.05) is 41.5 Å². The van der Waals surface area contributed by atoms with Crippen molar-refractivity contribution in [2.45, 2.75) is 88.0 Å². The summed E-state index contributed by atoms with van der Waals surface area (Å²) in [5.74, 6) is 0. The Morgan fingerprint density at radius 1 is 0.560 bits per heavy atom. The zero-order valence-corrected chi connectivity index (χ0v) is 18.1. The van der Waals surface area contributed by atoms with E-state index >= 15 is 0 Å². The van der Waals surface area contributed by atoms with E-state index in [2.05, 4.69) is 39.0 Å². The van der Waals surface area contributed by atoms with Gasteiger partial charge in [0.1, 0.15) is 0 Å². The zero-order chi connectivity index (χ0) is 19.1. The van der Waals surface area contributed by atoms with Crippen LogP contribution in [0, 0.1) is 20.8 Å². The van der Waals surface area contributed by atoms with Crippen molar-refractivity contribution in [1.82, 2.24) is 0 Å². The van der Waals surface area contributed by atoms with Crippen LogP contribution >= 0.6 is 0 Å². The van der Waals surface area contributed by atoms with Crippen molar-refractivity contribution in [3.8, 4) is 11.1 Å². The normalized spacial score (nSPS) is 12.4. The molecule has 4 rings (SSSR count). The summed E-state index contributed by atoms with van der Waals surface area (Å²) in [7, 11) is 0. The molecule has 0 atom stereocenters. The van der Waals surface area contributed by atoms with Gasteiger partial charge in [-0.2, -0.15) is 0 Å². The van der Waals surface area contributed by atoms with Crippen LogP contribution in [0.15, 0.2) is 18.2 Å². The Morgan fingerprint density at radius 3 is 1.52 bits per heavy atom. The second kappa shape index (κ2) is 9.80. The van der Waals surface area contributed by atoms with Gasteiger partial charge < -0.3 is 0 Å². The van der Waals surface area contributed by atoms with Crippen LogP contribution in [0.1, 0.15) is 80.5 Å². The predicted molar refractivity (Wildman–Crippen MR) is 115 cm³/mol.